The number of aromatic nitrogens is 1. The van der Waals surface area contributed by atoms with E-state index in [4.69, 9.17) is 4.42 Å². The molecule has 3 rings (SSSR count). The summed E-state index contributed by atoms with van der Waals surface area (Å²) in [7, 11) is 1.65. The van der Waals surface area contributed by atoms with Crippen molar-refractivity contribution in [3.63, 3.8) is 0 Å². The molecule has 0 aliphatic heterocycles. The fraction of sp³-hybridized carbons (Fsp3) is 0.227. The van der Waals surface area contributed by atoms with Gasteiger partial charge in [-0.2, -0.15) is 0 Å². The van der Waals surface area contributed by atoms with Gasteiger partial charge in [0.25, 0.3) is 0 Å². The number of oxazole rings is 1. The van der Waals surface area contributed by atoms with E-state index in [1.165, 1.54) is 5.56 Å². The van der Waals surface area contributed by atoms with Crippen LogP contribution >= 0.6 is 24.0 Å². The minimum Gasteiger partial charge on any atom is -0.444 e. The molecule has 0 radical (unpaired) electrons. The largest absolute Gasteiger partial charge is 0.444 e. The number of halogens is 1. The molecule has 2 aromatic carbocycles. The zero-order valence-corrected chi connectivity index (χ0v) is 19.1. The van der Waals surface area contributed by atoms with Gasteiger partial charge in [-0.3, -0.25) is 9.79 Å². The number of rotatable bonds is 8. The molecule has 1 heterocycles. The Bertz CT molecular complexity index is 929. The Hall–Kier alpha value is -2.88. The van der Waals surface area contributed by atoms with Crippen molar-refractivity contribution in [3.8, 4) is 11.5 Å². The molecule has 0 fully saturated rings. The third kappa shape index (κ3) is 7.51. The molecular formula is C22H26IN5O2. The topological polar surface area (TPSA) is 91.5 Å². The Morgan fingerprint density at radius 2 is 1.70 bits per heavy atom. The number of hydrogen-bond donors (Lipinski definition) is 3. The Kier molecular flexibility index (Phi) is 9.85. The predicted molar refractivity (Wildman–Crippen MR) is 129 cm³/mol. The molecule has 0 atom stereocenters. The van der Waals surface area contributed by atoms with E-state index in [2.05, 4.69) is 25.9 Å². The summed E-state index contributed by atoms with van der Waals surface area (Å²) in [5, 5.41) is 9.01. The van der Waals surface area contributed by atoms with Crippen molar-refractivity contribution in [1.29, 1.82) is 0 Å². The van der Waals surface area contributed by atoms with E-state index in [1.54, 1.807) is 13.3 Å². The number of carbonyl (C=O) groups is 1. The van der Waals surface area contributed by atoms with E-state index in [-0.39, 0.29) is 36.4 Å². The van der Waals surface area contributed by atoms with Gasteiger partial charge in [-0.1, -0.05) is 48.5 Å². The lowest BCUT2D eigenvalue weighted by Crippen LogP contribution is -2.43. The Morgan fingerprint density at radius 1 is 1.00 bits per heavy atom. The minimum absolute atomic E-state index is 0. The SMILES string of the molecule is CN=C(NCC(=O)NCCc1ccccc1)NCc1coc(-c2ccccc2)n1.I. The molecular weight excluding hydrogens is 493 g/mol. The zero-order chi connectivity index (χ0) is 20.3. The maximum atomic E-state index is 12.0. The molecule has 30 heavy (non-hydrogen) atoms. The Labute approximate surface area is 193 Å². The van der Waals surface area contributed by atoms with Crippen molar-refractivity contribution in [3.05, 3.63) is 78.2 Å². The summed E-state index contributed by atoms with van der Waals surface area (Å²) in [6.07, 6.45) is 2.41. The number of amides is 1. The molecule has 0 saturated heterocycles. The third-order valence-electron chi connectivity index (χ3n) is 4.23. The predicted octanol–water partition coefficient (Wildman–Crippen LogP) is 2.98. The van der Waals surface area contributed by atoms with Crippen molar-refractivity contribution < 1.29 is 9.21 Å². The van der Waals surface area contributed by atoms with Gasteiger partial charge < -0.3 is 20.4 Å². The molecule has 0 saturated carbocycles. The normalized spacial score (nSPS) is 10.8. The van der Waals surface area contributed by atoms with E-state index in [9.17, 15) is 4.79 Å². The van der Waals surface area contributed by atoms with E-state index in [0.717, 1.165) is 17.7 Å². The zero-order valence-electron chi connectivity index (χ0n) is 16.8. The first-order valence-electron chi connectivity index (χ1n) is 9.49. The lowest BCUT2D eigenvalue weighted by atomic mass is 10.1. The quantitative estimate of drug-likeness (QED) is 0.242. The number of carbonyl (C=O) groups excluding carboxylic acids is 1. The first-order valence-corrected chi connectivity index (χ1v) is 9.49. The van der Waals surface area contributed by atoms with Crippen LogP contribution in [0.1, 0.15) is 11.3 Å². The highest BCUT2D eigenvalue weighted by Crippen LogP contribution is 2.17. The summed E-state index contributed by atoms with van der Waals surface area (Å²) in [6.45, 7) is 1.17. The molecule has 0 aliphatic rings. The van der Waals surface area contributed by atoms with Gasteiger partial charge in [0.05, 0.1) is 18.8 Å². The molecule has 3 N–H and O–H groups in total. The molecule has 0 aliphatic carbocycles. The first-order chi connectivity index (χ1) is 14.2. The second-order valence-electron chi connectivity index (χ2n) is 6.37. The lowest BCUT2D eigenvalue weighted by molar-refractivity contribution is -0.119. The first kappa shape index (κ1) is 23.4. The molecule has 8 heteroatoms. The number of nitrogens with one attached hydrogen (secondary N) is 3. The summed E-state index contributed by atoms with van der Waals surface area (Å²) >= 11 is 0. The molecule has 1 aromatic heterocycles. The van der Waals surface area contributed by atoms with Crippen molar-refractivity contribution >= 4 is 35.8 Å². The summed E-state index contributed by atoms with van der Waals surface area (Å²) in [5.74, 6) is 1.01. The van der Waals surface area contributed by atoms with Crippen molar-refractivity contribution in [2.45, 2.75) is 13.0 Å². The number of guanidine groups is 1. The molecule has 3 aromatic rings. The second kappa shape index (κ2) is 12.6. The fourth-order valence-corrected chi connectivity index (χ4v) is 2.71. The van der Waals surface area contributed by atoms with Crippen molar-refractivity contribution in [1.82, 2.24) is 20.9 Å². The van der Waals surface area contributed by atoms with E-state index in [0.29, 0.717) is 24.9 Å². The molecule has 1 amide bonds. The van der Waals surface area contributed by atoms with Crippen LogP contribution in [0.25, 0.3) is 11.5 Å². The summed E-state index contributed by atoms with van der Waals surface area (Å²) in [6, 6.07) is 19.8. The van der Waals surface area contributed by atoms with Gasteiger partial charge in [0.15, 0.2) is 5.96 Å². The van der Waals surface area contributed by atoms with Gasteiger partial charge >= 0.3 is 0 Å². The molecule has 0 unspecified atom stereocenters. The highest BCUT2D eigenvalue weighted by atomic mass is 127. The van der Waals surface area contributed by atoms with Crippen LogP contribution in [0, 0.1) is 0 Å². The van der Waals surface area contributed by atoms with Crippen LogP contribution in [-0.2, 0) is 17.8 Å². The van der Waals surface area contributed by atoms with Crippen LogP contribution in [0.4, 0.5) is 0 Å². The van der Waals surface area contributed by atoms with Gasteiger partial charge in [-0.05, 0) is 24.1 Å². The van der Waals surface area contributed by atoms with E-state index in [1.807, 2.05) is 60.7 Å². The average Bonchev–Trinajstić information content (AvgIpc) is 3.24. The highest BCUT2D eigenvalue weighted by Gasteiger charge is 2.08. The standard InChI is InChI=1S/C22H25N5O2.HI/c1-23-22(26-15-20(28)24-13-12-17-8-4-2-5-9-17)25-14-19-16-29-21(27-19)18-10-6-3-7-11-18;/h2-11,16H,12-15H2,1H3,(H,24,28)(H2,23,25,26);1H. The Balaban J connectivity index is 0.00000320. The number of aliphatic imine (C=N–C) groups is 1. The van der Waals surface area contributed by atoms with E-state index >= 15 is 0 Å². The molecule has 158 valence electrons. The highest BCUT2D eigenvalue weighted by molar-refractivity contribution is 14.0. The summed E-state index contributed by atoms with van der Waals surface area (Å²) in [4.78, 5) is 20.6. The van der Waals surface area contributed by atoms with Gasteiger partial charge in [-0.15, -0.1) is 24.0 Å². The minimum atomic E-state index is -0.0864. The molecule has 0 spiro atoms. The van der Waals surface area contributed by atoms with Gasteiger partial charge in [0.1, 0.15) is 6.26 Å². The maximum Gasteiger partial charge on any atom is 0.239 e. The van der Waals surface area contributed by atoms with Gasteiger partial charge in [-0.25, -0.2) is 4.98 Å². The van der Waals surface area contributed by atoms with Crippen LogP contribution in [0.15, 0.2) is 76.3 Å². The van der Waals surface area contributed by atoms with Crippen LogP contribution in [0.2, 0.25) is 0 Å². The maximum absolute atomic E-state index is 12.0. The van der Waals surface area contributed by atoms with Crippen molar-refractivity contribution in [2.75, 3.05) is 20.1 Å². The van der Waals surface area contributed by atoms with Gasteiger partial charge in [0.2, 0.25) is 11.8 Å². The van der Waals surface area contributed by atoms with Crippen LogP contribution in [-0.4, -0.2) is 37.0 Å². The van der Waals surface area contributed by atoms with Crippen molar-refractivity contribution in [2.24, 2.45) is 4.99 Å². The lowest BCUT2D eigenvalue weighted by Gasteiger charge is -2.11. The van der Waals surface area contributed by atoms with Crippen LogP contribution in [0.3, 0.4) is 0 Å². The third-order valence-corrected chi connectivity index (χ3v) is 4.23. The van der Waals surface area contributed by atoms with Crippen LogP contribution < -0.4 is 16.0 Å². The number of hydrogen-bond acceptors (Lipinski definition) is 4. The summed E-state index contributed by atoms with van der Waals surface area (Å²) in [5.41, 5.74) is 2.87. The molecule has 7 nitrogen and oxygen atoms in total. The van der Waals surface area contributed by atoms with E-state index < -0.39 is 0 Å². The Morgan fingerprint density at radius 3 is 2.40 bits per heavy atom. The van der Waals surface area contributed by atoms with Crippen LogP contribution in [0.5, 0.6) is 0 Å². The smallest absolute Gasteiger partial charge is 0.239 e. The van der Waals surface area contributed by atoms with Gasteiger partial charge in [0, 0.05) is 19.2 Å². The number of benzene rings is 2. The fourth-order valence-electron chi connectivity index (χ4n) is 2.71. The molecule has 0 bridgehead atoms. The second-order valence-corrected chi connectivity index (χ2v) is 6.37. The monoisotopic (exact) mass is 519 g/mol. The number of nitrogens with zero attached hydrogens (tertiary/aromatic N) is 2. The summed E-state index contributed by atoms with van der Waals surface area (Å²) < 4.78 is 5.52. The average molecular weight is 519 g/mol.